The summed E-state index contributed by atoms with van der Waals surface area (Å²) in [5.41, 5.74) is 0.362. The maximum Gasteiger partial charge on any atom is 0.433 e. The van der Waals surface area contributed by atoms with Crippen molar-refractivity contribution in [3.05, 3.63) is 53.3 Å². The number of likely N-dealkylation sites (tertiary alicyclic amines) is 1. The fourth-order valence-corrected chi connectivity index (χ4v) is 4.49. The Morgan fingerprint density at radius 1 is 1.14 bits per heavy atom. The molecule has 37 heavy (non-hydrogen) atoms. The minimum absolute atomic E-state index is 0.186. The number of fused-ring (bicyclic) bond motifs is 1. The van der Waals surface area contributed by atoms with Crippen LogP contribution in [-0.2, 0) is 10.9 Å². The van der Waals surface area contributed by atoms with Gasteiger partial charge in [-0.05, 0) is 70.7 Å². The van der Waals surface area contributed by atoms with Gasteiger partial charge < -0.3 is 14.2 Å². The van der Waals surface area contributed by atoms with Crippen molar-refractivity contribution in [2.24, 2.45) is 0 Å². The van der Waals surface area contributed by atoms with Crippen LogP contribution in [0.5, 0.6) is 0 Å². The van der Waals surface area contributed by atoms with Gasteiger partial charge >= 0.3 is 12.3 Å². The van der Waals surface area contributed by atoms with E-state index in [4.69, 9.17) is 4.74 Å². The van der Waals surface area contributed by atoms with Crippen LogP contribution < -0.4 is 5.32 Å². The first-order valence-corrected chi connectivity index (χ1v) is 12.1. The van der Waals surface area contributed by atoms with E-state index in [1.165, 1.54) is 6.07 Å². The Balaban J connectivity index is 1.71. The maximum absolute atomic E-state index is 13.1. The molecule has 0 saturated carbocycles. The third kappa shape index (κ3) is 6.03. The second-order valence-corrected chi connectivity index (χ2v) is 10.2. The topological polar surface area (TPSA) is 89.4 Å². The maximum atomic E-state index is 13.1. The average Bonchev–Trinajstić information content (AvgIpc) is 2.99. The van der Waals surface area contributed by atoms with Crippen LogP contribution in [0.3, 0.4) is 0 Å². The molecular formula is C26H30F3N5O3. The molecule has 1 N–H and O–H groups in total. The van der Waals surface area contributed by atoms with E-state index in [0.717, 1.165) is 36.5 Å². The molecule has 2 amide bonds. The zero-order valence-corrected chi connectivity index (χ0v) is 21.2. The van der Waals surface area contributed by atoms with Gasteiger partial charge in [0.05, 0.1) is 17.1 Å². The Kier molecular flexibility index (Phi) is 7.16. The molecule has 4 rings (SSSR count). The first-order valence-electron chi connectivity index (χ1n) is 12.1. The van der Waals surface area contributed by atoms with Crippen molar-refractivity contribution in [1.82, 2.24) is 19.4 Å². The van der Waals surface area contributed by atoms with Gasteiger partial charge in [-0.15, -0.1) is 0 Å². The van der Waals surface area contributed by atoms with Crippen molar-refractivity contribution in [2.75, 3.05) is 18.4 Å². The Bertz CT molecular complexity index is 1310. The second-order valence-electron chi connectivity index (χ2n) is 10.2. The lowest BCUT2D eigenvalue weighted by molar-refractivity contribution is -0.141. The molecule has 1 atom stereocenters. The Labute approximate surface area is 212 Å². The lowest BCUT2D eigenvalue weighted by atomic mass is 10.1. The van der Waals surface area contributed by atoms with Gasteiger partial charge in [0.2, 0.25) is 5.95 Å². The molecule has 1 aromatic carbocycles. The van der Waals surface area contributed by atoms with Gasteiger partial charge in [-0.25, -0.2) is 9.78 Å². The van der Waals surface area contributed by atoms with E-state index in [1.54, 1.807) is 4.90 Å². The molecule has 0 unspecified atom stereocenters. The Hall–Kier alpha value is -3.63. The van der Waals surface area contributed by atoms with Gasteiger partial charge in [-0.3, -0.25) is 15.1 Å². The highest BCUT2D eigenvalue weighted by molar-refractivity contribution is 6.04. The van der Waals surface area contributed by atoms with Crippen molar-refractivity contribution >= 4 is 29.0 Å². The minimum Gasteiger partial charge on any atom is -0.444 e. The summed E-state index contributed by atoms with van der Waals surface area (Å²) in [6.07, 6.45) is -1.79. The molecule has 11 heteroatoms. The van der Waals surface area contributed by atoms with Gasteiger partial charge in [0, 0.05) is 24.8 Å². The summed E-state index contributed by atoms with van der Waals surface area (Å²) < 4.78 is 46.9. The summed E-state index contributed by atoms with van der Waals surface area (Å²) in [6.45, 7) is 8.23. The van der Waals surface area contributed by atoms with Crippen molar-refractivity contribution in [3.63, 3.8) is 0 Å². The van der Waals surface area contributed by atoms with Gasteiger partial charge in [-0.2, -0.15) is 13.2 Å². The van der Waals surface area contributed by atoms with E-state index in [1.807, 2.05) is 50.5 Å². The summed E-state index contributed by atoms with van der Waals surface area (Å²) in [4.78, 5) is 35.5. The quantitative estimate of drug-likeness (QED) is 0.462. The Morgan fingerprint density at radius 2 is 1.89 bits per heavy atom. The summed E-state index contributed by atoms with van der Waals surface area (Å²) in [5, 5.41) is 2.71. The number of carbonyl (C=O) groups excluding carboxylic acids is 2. The van der Waals surface area contributed by atoms with Crippen molar-refractivity contribution in [2.45, 2.75) is 64.8 Å². The number of hydrogen-bond acceptors (Lipinski definition) is 5. The lowest BCUT2D eigenvalue weighted by Crippen LogP contribution is -2.39. The number of para-hydroxylation sites is 1. The third-order valence-electron chi connectivity index (χ3n) is 6.11. The van der Waals surface area contributed by atoms with E-state index >= 15 is 0 Å². The standard InChI is InChI=1S/C26H30F3N5O3/c1-16-8-7-10-19-21(16)34(18-9-5-6-13-33(15-18)24(36)37-25(2,3)4)23(31-19)32-22(35)17-11-12-30-20(14-17)26(27,28)29/h7-8,10-12,14,18H,5-6,9,13,15H2,1-4H3,(H,31,32,35)/t18-/m1/s1. The number of nitrogens with zero attached hydrogens (tertiary/aromatic N) is 4. The van der Waals surface area contributed by atoms with Crippen LogP contribution in [0.25, 0.3) is 11.0 Å². The number of aryl methyl sites for hydroxylation is 1. The molecule has 1 fully saturated rings. The van der Waals surface area contributed by atoms with Crippen LogP contribution in [0.1, 0.15) is 67.7 Å². The van der Waals surface area contributed by atoms with Gasteiger partial charge in [0.15, 0.2) is 0 Å². The predicted octanol–water partition coefficient (Wildman–Crippen LogP) is 5.97. The molecule has 1 aliphatic heterocycles. The summed E-state index contributed by atoms with van der Waals surface area (Å²) in [5.74, 6) is -0.532. The third-order valence-corrected chi connectivity index (χ3v) is 6.11. The van der Waals surface area contributed by atoms with E-state index in [-0.39, 0.29) is 17.6 Å². The Morgan fingerprint density at radius 3 is 2.59 bits per heavy atom. The van der Waals surface area contributed by atoms with Crippen molar-refractivity contribution in [3.8, 4) is 0 Å². The van der Waals surface area contributed by atoms with Crippen LogP contribution in [0, 0.1) is 6.92 Å². The molecular weight excluding hydrogens is 487 g/mol. The predicted molar refractivity (Wildman–Crippen MR) is 132 cm³/mol. The van der Waals surface area contributed by atoms with Crippen LogP contribution >= 0.6 is 0 Å². The van der Waals surface area contributed by atoms with Crippen LogP contribution in [0.15, 0.2) is 36.5 Å². The molecule has 3 aromatic rings. The number of carbonyl (C=O) groups is 2. The number of hydrogen-bond donors (Lipinski definition) is 1. The van der Waals surface area contributed by atoms with Gasteiger partial charge in [0.1, 0.15) is 11.3 Å². The molecule has 1 saturated heterocycles. The van der Waals surface area contributed by atoms with E-state index < -0.39 is 29.5 Å². The average molecular weight is 518 g/mol. The number of benzene rings is 1. The zero-order chi connectivity index (χ0) is 27.0. The molecule has 0 spiro atoms. The molecule has 1 aliphatic rings. The van der Waals surface area contributed by atoms with E-state index in [0.29, 0.717) is 24.7 Å². The van der Waals surface area contributed by atoms with Crippen LogP contribution in [0.2, 0.25) is 0 Å². The molecule has 198 valence electrons. The largest absolute Gasteiger partial charge is 0.444 e. The number of imidazole rings is 1. The summed E-state index contributed by atoms with van der Waals surface area (Å²) in [6, 6.07) is 7.28. The van der Waals surface area contributed by atoms with Crippen LogP contribution in [-0.4, -0.2) is 50.1 Å². The summed E-state index contributed by atoms with van der Waals surface area (Å²) >= 11 is 0. The number of ether oxygens (including phenoxy) is 1. The van der Waals surface area contributed by atoms with Crippen molar-refractivity contribution < 1.29 is 27.5 Å². The first kappa shape index (κ1) is 26.4. The first-order chi connectivity index (χ1) is 17.3. The number of rotatable bonds is 3. The van der Waals surface area contributed by atoms with Crippen LogP contribution in [0.4, 0.5) is 23.9 Å². The number of nitrogens with one attached hydrogen (secondary N) is 1. The second kappa shape index (κ2) is 10.0. The smallest absolute Gasteiger partial charge is 0.433 e. The normalized spacial score (nSPS) is 16.9. The highest BCUT2D eigenvalue weighted by Crippen LogP contribution is 2.33. The zero-order valence-electron chi connectivity index (χ0n) is 21.2. The molecule has 0 aliphatic carbocycles. The summed E-state index contributed by atoms with van der Waals surface area (Å²) in [7, 11) is 0. The molecule has 0 bridgehead atoms. The molecule has 0 radical (unpaired) electrons. The highest BCUT2D eigenvalue weighted by Gasteiger charge is 2.33. The minimum atomic E-state index is -4.67. The number of pyridine rings is 1. The number of aromatic nitrogens is 3. The molecule has 3 heterocycles. The SMILES string of the molecule is Cc1cccc2nc(NC(=O)c3ccnc(C(F)(F)F)c3)n([C@@H]3CCCCN(C(=O)OC(C)(C)C)C3)c12. The van der Waals surface area contributed by atoms with Crippen molar-refractivity contribution in [1.29, 1.82) is 0 Å². The number of amides is 2. The highest BCUT2D eigenvalue weighted by atomic mass is 19.4. The number of anilines is 1. The van der Waals surface area contributed by atoms with Gasteiger partial charge in [0.25, 0.3) is 5.91 Å². The lowest BCUT2D eigenvalue weighted by Gasteiger charge is -2.29. The fourth-order valence-electron chi connectivity index (χ4n) is 4.49. The molecule has 8 nitrogen and oxygen atoms in total. The van der Waals surface area contributed by atoms with E-state index in [9.17, 15) is 22.8 Å². The van der Waals surface area contributed by atoms with Gasteiger partial charge in [-0.1, -0.05) is 12.1 Å². The molecule has 2 aromatic heterocycles. The number of halogens is 3. The monoisotopic (exact) mass is 517 g/mol. The van der Waals surface area contributed by atoms with E-state index in [2.05, 4.69) is 15.3 Å². The number of alkyl halides is 3. The fraction of sp³-hybridized carbons (Fsp3) is 0.462.